The Labute approximate surface area is 102 Å². The zero-order valence-corrected chi connectivity index (χ0v) is 10.5. The van der Waals surface area contributed by atoms with Gasteiger partial charge in [-0.2, -0.15) is 0 Å². The van der Waals surface area contributed by atoms with Crippen LogP contribution in [0.25, 0.3) is 6.08 Å². The number of methoxy groups -OCH3 is 1. The summed E-state index contributed by atoms with van der Waals surface area (Å²) in [5.41, 5.74) is 0.927. The Kier molecular flexibility index (Phi) is 5.27. The van der Waals surface area contributed by atoms with E-state index < -0.39 is 0 Å². The van der Waals surface area contributed by atoms with Crippen molar-refractivity contribution in [2.75, 3.05) is 13.7 Å². The van der Waals surface area contributed by atoms with Crippen LogP contribution in [0, 0.1) is 0 Å². The third kappa shape index (κ3) is 3.94. The van der Waals surface area contributed by atoms with E-state index in [9.17, 15) is 4.79 Å². The molecule has 92 valence electrons. The minimum atomic E-state index is 0.110. The molecule has 0 atom stereocenters. The van der Waals surface area contributed by atoms with Crippen molar-refractivity contribution in [1.82, 2.24) is 0 Å². The number of carbonyl (C=O) groups is 1. The standard InChI is InChI=1S/C14H18O3/c1-4-12(15)8-6-11-7-9-13(16-3)14(10-11)17-5-2/h6-10H,4-5H2,1-3H3. The van der Waals surface area contributed by atoms with Crippen molar-refractivity contribution in [1.29, 1.82) is 0 Å². The Bertz CT molecular complexity index is 408. The summed E-state index contributed by atoms with van der Waals surface area (Å²) in [5, 5.41) is 0. The average Bonchev–Trinajstić information content (AvgIpc) is 2.36. The van der Waals surface area contributed by atoms with Gasteiger partial charge in [-0.25, -0.2) is 0 Å². The first-order valence-electron chi connectivity index (χ1n) is 5.73. The zero-order valence-electron chi connectivity index (χ0n) is 10.5. The van der Waals surface area contributed by atoms with E-state index in [0.29, 0.717) is 24.5 Å². The molecule has 0 N–H and O–H groups in total. The molecule has 0 heterocycles. The highest BCUT2D eigenvalue weighted by molar-refractivity contribution is 5.93. The summed E-state index contributed by atoms with van der Waals surface area (Å²) in [7, 11) is 1.61. The molecule has 0 bridgehead atoms. The molecule has 0 amide bonds. The van der Waals surface area contributed by atoms with Crippen molar-refractivity contribution in [3.63, 3.8) is 0 Å². The fourth-order valence-corrected chi connectivity index (χ4v) is 1.37. The van der Waals surface area contributed by atoms with Crippen molar-refractivity contribution < 1.29 is 14.3 Å². The molecule has 0 spiro atoms. The molecule has 1 aromatic rings. The average molecular weight is 234 g/mol. The molecule has 1 aromatic carbocycles. The van der Waals surface area contributed by atoms with E-state index in [1.54, 1.807) is 19.3 Å². The van der Waals surface area contributed by atoms with Gasteiger partial charge in [-0.3, -0.25) is 4.79 Å². The molecule has 0 aliphatic heterocycles. The van der Waals surface area contributed by atoms with Gasteiger partial charge in [0.1, 0.15) is 0 Å². The topological polar surface area (TPSA) is 35.5 Å². The predicted molar refractivity (Wildman–Crippen MR) is 68.5 cm³/mol. The maximum absolute atomic E-state index is 11.2. The van der Waals surface area contributed by atoms with Crippen LogP contribution in [0.5, 0.6) is 11.5 Å². The summed E-state index contributed by atoms with van der Waals surface area (Å²) in [6, 6.07) is 5.59. The van der Waals surface area contributed by atoms with Crippen LogP contribution in [-0.4, -0.2) is 19.5 Å². The zero-order chi connectivity index (χ0) is 12.7. The van der Waals surface area contributed by atoms with Crippen LogP contribution in [0.1, 0.15) is 25.8 Å². The minimum Gasteiger partial charge on any atom is -0.493 e. The second kappa shape index (κ2) is 6.74. The van der Waals surface area contributed by atoms with Crippen LogP contribution in [0.2, 0.25) is 0 Å². The smallest absolute Gasteiger partial charge is 0.161 e. The van der Waals surface area contributed by atoms with Gasteiger partial charge in [0, 0.05) is 6.42 Å². The van der Waals surface area contributed by atoms with Crippen molar-refractivity contribution in [3.8, 4) is 11.5 Å². The Hall–Kier alpha value is -1.77. The van der Waals surface area contributed by atoms with E-state index in [2.05, 4.69) is 0 Å². The number of ether oxygens (including phenoxy) is 2. The van der Waals surface area contributed by atoms with E-state index in [-0.39, 0.29) is 5.78 Å². The van der Waals surface area contributed by atoms with E-state index in [1.165, 1.54) is 0 Å². The van der Waals surface area contributed by atoms with Crippen molar-refractivity contribution in [2.24, 2.45) is 0 Å². The predicted octanol–water partition coefficient (Wildman–Crippen LogP) is 3.09. The maximum atomic E-state index is 11.2. The second-order valence-electron chi connectivity index (χ2n) is 3.50. The van der Waals surface area contributed by atoms with Crippen molar-refractivity contribution in [2.45, 2.75) is 20.3 Å². The first-order chi connectivity index (χ1) is 8.21. The molecule has 0 saturated carbocycles. The largest absolute Gasteiger partial charge is 0.493 e. The lowest BCUT2D eigenvalue weighted by molar-refractivity contribution is -0.114. The summed E-state index contributed by atoms with van der Waals surface area (Å²) < 4.78 is 10.6. The number of hydrogen-bond acceptors (Lipinski definition) is 3. The molecule has 0 aliphatic carbocycles. The molecular formula is C14H18O3. The molecule has 0 aromatic heterocycles. The molecule has 3 nitrogen and oxygen atoms in total. The van der Waals surface area contributed by atoms with E-state index in [1.807, 2.05) is 32.0 Å². The van der Waals surface area contributed by atoms with Crippen molar-refractivity contribution in [3.05, 3.63) is 29.8 Å². The summed E-state index contributed by atoms with van der Waals surface area (Å²) in [4.78, 5) is 11.2. The van der Waals surface area contributed by atoms with Gasteiger partial charge in [-0.1, -0.05) is 19.1 Å². The number of allylic oxidation sites excluding steroid dienone is 1. The second-order valence-corrected chi connectivity index (χ2v) is 3.50. The molecule has 1 rings (SSSR count). The van der Waals surface area contributed by atoms with E-state index in [4.69, 9.17) is 9.47 Å². The summed E-state index contributed by atoms with van der Waals surface area (Å²) >= 11 is 0. The van der Waals surface area contributed by atoms with Gasteiger partial charge in [0.05, 0.1) is 13.7 Å². The Morgan fingerprint density at radius 2 is 2.06 bits per heavy atom. The van der Waals surface area contributed by atoms with Crippen LogP contribution >= 0.6 is 0 Å². The van der Waals surface area contributed by atoms with Crippen LogP contribution in [0.3, 0.4) is 0 Å². The Balaban J connectivity index is 2.91. The van der Waals surface area contributed by atoms with Crippen molar-refractivity contribution >= 4 is 11.9 Å². The third-order valence-corrected chi connectivity index (χ3v) is 2.30. The molecule has 0 unspecified atom stereocenters. The highest BCUT2D eigenvalue weighted by Crippen LogP contribution is 2.28. The third-order valence-electron chi connectivity index (χ3n) is 2.30. The first-order valence-corrected chi connectivity index (χ1v) is 5.73. The SMILES string of the molecule is CCOc1cc(C=CC(=O)CC)ccc1OC. The number of hydrogen-bond donors (Lipinski definition) is 0. The van der Waals surface area contributed by atoms with Gasteiger partial charge in [-0.05, 0) is 30.7 Å². The fraction of sp³-hybridized carbons (Fsp3) is 0.357. The lowest BCUT2D eigenvalue weighted by atomic mass is 10.1. The number of carbonyl (C=O) groups excluding carboxylic acids is 1. The van der Waals surface area contributed by atoms with E-state index in [0.717, 1.165) is 5.56 Å². The lowest BCUT2D eigenvalue weighted by Gasteiger charge is -2.09. The first kappa shape index (κ1) is 13.3. The summed E-state index contributed by atoms with van der Waals surface area (Å²) in [6.45, 7) is 4.34. The van der Waals surface area contributed by atoms with Crippen LogP contribution in [-0.2, 0) is 4.79 Å². The van der Waals surface area contributed by atoms with Gasteiger partial charge < -0.3 is 9.47 Å². The highest BCUT2D eigenvalue weighted by atomic mass is 16.5. The number of benzene rings is 1. The Morgan fingerprint density at radius 1 is 1.29 bits per heavy atom. The van der Waals surface area contributed by atoms with Gasteiger partial charge >= 0.3 is 0 Å². The van der Waals surface area contributed by atoms with Crippen LogP contribution < -0.4 is 9.47 Å². The molecule has 0 aliphatic rings. The molecule has 0 fully saturated rings. The quantitative estimate of drug-likeness (QED) is 0.709. The van der Waals surface area contributed by atoms with Gasteiger partial charge in [0.2, 0.25) is 0 Å². The fourth-order valence-electron chi connectivity index (χ4n) is 1.37. The summed E-state index contributed by atoms with van der Waals surface area (Å²) in [5.74, 6) is 1.51. The van der Waals surface area contributed by atoms with Gasteiger partial charge in [0.25, 0.3) is 0 Å². The molecular weight excluding hydrogens is 216 g/mol. The normalized spacial score (nSPS) is 10.5. The minimum absolute atomic E-state index is 0.110. The number of ketones is 1. The highest BCUT2D eigenvalue weighted by Gasteiger charge is 2.03. The van der Waals surface area contributed by atoms with Crippen LogP contribution in [0.4, 0.5) is 0 Å². The monoisotopic (exact) mass is 234 g/mol. The molecule has 0 saturated heterocycles. The summed E-state index contributed by atoms with van der Waals surface area (Å²) in [6.07, 6.45) is 3.89. The maximum Gasteiger partial charge on any atom is 0.161 e. The van der Waals surface area contributed by atoms with Gasteiger partial charge in [-0.15, -0.1) is 0 Å². The lowest BCUT2D eigenvalue weighted by Crippen LogP contribution is -1.95. The molecule has 0 radical (unpaired) electrons. The molecule has 17 heavy (non-hydrogen) atoms. The Morgan fingerprint density at radius 3 is 2.65 bits per heavy atom. The van der Waals surface area contributed by atoms with Crippen LogP contribution in [0.15, 0.2) is 24.3 Å². The molecule has 3 heteroatoms. The van der Waals surface area contributed by atoms with Gasteiger partial charge in [0.15, 0.2) is 17.3 Å². The number of rotatable bonds is 6. The van der Waals surface area contributed by atoms with E-state index >= 15 is 0 Å².